The van der Waals surface area contributed by atoms with Crippen molar-refractivity contribution in [2.45, 2.75) is 18.9 Å². The number of nitrogens with zero attached hydrogens (tertiary/aromatic N) is 1. The summed E-state index contributed by atoms with van der Waals surface area (Å²) in [6, 6.07) is 14.9. The van der Waals surface area contributed by atoms with Crippen LogP contribution in [0, 0.1) is 0 Å². The number of hydrogen-bond donors (Lipinski definition) is 0. The van der Waals surface area contributed by atoms with Crippen LogP contribution in [0.3, 0.4) is 0 Å². The zero-order valence-electron chi connectivity index (χ0n) is 13.8. The number of hydrogen-bond acceptors (Lipinski definition) is 4. The smallest absolute Gasteiger partial charge is 0.416 e. The number of carbonyl (C=O) groups excluding carboxylic acids is 2. The standard InChI is InChI=1S/C19H18BrNO4/c1-24-17-8-7-14(10-16(17)20)11-18(22)21-15(12-25-19(21)23)9-13-5-3-2-4-6-13/h2-8,10,15H,9,11-12H2,1H3. The van der Waals surface area contributed by atoms with E-state index in [0.29, 0.717) is 12.2 Å². The quantitative estimate of drug-likeness (QED) is 0.765. The summed E-state index contributed by atoms with van der Waals surface area (Å²) >= 11 is 3.41. The number of imide groups is 1. The van der Waals surface area contributed by atoms with Crippen LogP contribution in [0.2, 0.25) is 0 Å². The summed E-state index contributed by atoms with van der Waals surface area (Å²) in [5.41, 5.74) is 1.87. The molecule has 5 nitrogen and oxygen atoms in total. The van der Waals surface area contributed by atoms with Crippen molar-refractivity contribution in [2.24, 2.45) is 0 Å². The first-order valence-electron chi connectivity index (χ1n) is 7.93. The van der Waals surface area contributed by atoms with Crippen molar-refractivity contribution in [3.63, 3.8) is 0 Å². The zero-order valence-corrected chi connectivity index (χ0v) is 15.4. The van der Waals surface area contributed by atoms with Crippen LogP contribution >= 0.6 is 15.9 Å². The Kier molecular flexibility index (Phi) is 5.38. The molecule has 0 N–H and O–H groups in total. The second-order valence-corrected chi connectivity index (χ2v) is 6.68. The highest BCUT2D eigenvalue weighted by Crippen LogP contribution is 2.26. The second kappa shape index (κ2) is 7.70. The Balaban J connectivity index is 1.72. The molecule has 1 heterocycles. The Morgan fingerprint density at radius 1 is 1.24 bits per heavy atom. The molecule has 2 amide bonds. The normalized spacial score (nSPS) is 16.6. The Morgan fingerprint density at radius 2 is 2.00 bits per heavy atom. The Bertz CT molecular complexity index is 778. The Hall–Kier alpha value is -2.34. The van der Waals surface area contributed by atoms with Crippen LogP contribution in [0.1, 0.15) is 11.1 Å². The molecule has 3 rings (SSSR count). The van der Waals surface area contributed by atoms with Crippen molar-refractivity contribution in [3.8, 4) is 5.75 Å². The van der Waals surface area contributed by atoms with Crippen molar-refractivity contribution < 1.29 is 19.1 Å². The minimum atomic E-state index is -0.571. The van der Waals surface area contributed by atoms with Crippen LogP contribution in [-0.4, -0.2) is 36.7 Å². The summed E-state index contributed by atoms with van der Waals surface area (Å²) in [6.07, 6.45) is 0.145. The summed E-state index contributed by atoms with van der Waals surface area (Å²) in [6.45, 7) is 0.228. The zero-order chi connectivity index (χ0) is 17.8. The first kappa shape index (κ1) is 17.5. The van der Waals surface area contributed by atoms with E-state index in [0.717, 1.165) is 15.6 Å². The molecule has 0 spiro atoms. The summed E-state index contributed by atoms with van der Waals surface area (Å²) in [5.74, 6) is 0.430. The van der Waals surface area contributed by atoms with Crippen LogP contribution in [0.25, 0.3) is 0 Å². The third kappa shape index (κ3) is 4.02. The van der Waals surface area contributed by atoms with E-state index in [1.165, 1.54) is 4.90 Å². The van der Waals surface area contributed by atoms with Crippen molar-refractivity contribution in [2.75, 3.05) is 13.7 Å². The molecule has 0 aromatic heterocycles. The number of methoxy groups -OCH3 is 1. The van der Waals surface area contributed by atoms with Crippen LogP contribution in [0.4, 0.5) is 4.79 Å². The lowest BCUT2D eigenvalue weighted by Crippen LogP contribution is -2.41. The van der Waals surface area contributed by atoms with Crippen LogP contribution in [0.5, 0.6) is 5.75 Å². The summed E-state index contributed by atoms with van der Waals surface area (Å²) in [5, 5.41) is 0. The molecule has 1 fully saturated rings. The van der Waals surface area contributed by atoms with Crippen molar-refractivity contribution in [1.82, 2.24) is 4.90 Å². The van der Waals surface area contributed by atoms with E-state index in [1.54, 1.807) is 13.2 Å². The van der Waals surface area contributed by atoms with Gasteiger partial charge in [-0.3, -0.25) is 4.79 Å². The van der Waals surface area contributed by atoms with E-state index in [-0.39, 0.29) is 25.0 Å². The minimum Gasteiger partial charge on any atom is -0.496 e. The van der Waals surface area contributed by atoms with Gasteiger partial charge in [-0.25, -0.2) is 9.69 Å². The fourth-order valence-corrected chi connectivity index (χ4v) is 3.47. The molecule has 2 aromatic carbocycles. The second-order valence-electron chi connectivity index (χ2n) is 5.83. The Labute approximate surface area is 154 Å². The summed E-state index contributed by atoms with van der Waals surface area (Å²) in [4.78, 5) is 25.9. The molecule has 1 aliphatic heterocycles. The van der Waals surface area contributed by atoms with Crippen molar-refractivity contribution in [1.29, 1.82) is 0 Å². The molecule has 0 aliphatic carbocycles. The molecule has 0 bridgehead atoms. The molecule has 1 saturated heterocycles. The van der Waals surface area contributed by atoms with Crippen molar-refractivity contribution >= 4 is 27.9 Å². The number of cyclic esters (lactones) is 1. The van der Waals surface area contributed by atoms with Gasteiger partial charge in [0.15, 0.2) is 0 Å². The molecule has 1 aliphatic rings. The van der Waals surface area contributed by atoms with E-state index in [9.17, 15) is 9.59 Å². The molecule has 0 radical (unpaired) electrons. The van der Waals surface area contributed by atoms with Gasteiger partial charge < -0.3 is 9.47 Å². The molecule has 1 unspecified atom stereocenters. The molecule has 130 valence electrons. The number of benzene rings is 2. The maximum absolute atomic E-state index is 12.7. The SMILES string of the molecule is COc1ccc(CC(=O)N2C(=O)OCC2Cc2ccccc2)cc1Br. The molecular formula is C19H18BrNO4. The van der Waals surface area contributed by atoms with E-state index in [2.05, 4.69) is 15.9 Å². The van der Waals surface area contributed by atoms with Crippen molar-refractivity contribution in [3.05, 3.63) is 64.1 Å². The van der Waals surface area contributed by atoms with Gasteiger partial charge in [0.05, 0.1) is 24.0 Å². The van der Waals surface area contributed by atoms with Gasteiger partial charge in [0.1, 0.15) is 12.4 Å². The van der Waals surface area contributed by atoms with Gasteiger partial charge in [0.25, 0.3) is 0 Å². The summed E-state index contributed by atoms with van der Waals surface area (Å²) < 4.78 is 11.1. The highest BCUT2D eigenvalue weighted by molar-refractivity contribution is 9.10. The van der Waals surface area contributed by atoms with Gasteiger partial charge in [-0.1, -0.05) is 36.4 Å². The van der Waals surface area contributed by atoms with E-state index < -0.39 is 6.09 Å². The highest BCUT2D eigenvalue weighted by Gasteiger charge is 2.37. The maximum atomic E-state index is 12.7. The Morgan fingerprint density at radius 3 is 2.68 bits per heavy atom. The third-order valence-corrected chi connectivity index (χ3v) is 4.74. The third-order valence-electron chi connectivity index (χ3n) is 4.12. The van der Waals surface area contributed by atoms with E-state index >= 15 is 0 Å². The number of ether oxygens (including phenoxy) is 2. The monoisotopic (exact) mass is 403 g/mol. The number of halogens is 1. The van der Waals surface area contributed by atoms with Crippen LogP contribution in [0.15, 0.2) is 53.0 Å². The number of amides is 2. The van der Waals surface area contributed by atoms with Gasteiger partial charge in [-0.05, 0) is 45.6 Å². The maximum Gasteiger partial charge on any atom is 0.416 e. The largest absolute Gasteiger partial charge is 0.496 e. The number of rotatable bonds is 5. The fraction of sp³-hybridized carbons (Fsp3) is 0.263. The molecule has 0 saturated carbocycles. The van der Waals surface area contributed by atoms with E-state index in [1.807, 2.05) is 42.5 Å². The van der Waals surface area contributed by atoms with Gasteiger partial charge in [-0.15, -0.1) is 0 Å². The predicted octanol–water partition coefficient (Wildman–Crippen LogP) is 3.59. The molecule has 6 heteroatoms. The van der Waals surface area contributed by atoms with Crippen LogP contribution < -0.4 is 4.74 Å². The lowest BCUT2D eigenvalue weighted by Gasteiger charge is -2.20. The topological polar surface area (TPSA) is 55.8 Å². The lowest BCUT2D eigenvalue weighted by molar-refractivity contribution is -0.128. The van der Waals surface area contributed by atoms with Crippen LogP contribution in [-0.2, 0) is 22.4 Å². The average Bonchev–Trinajstić information content (AvgIpc) is 2.96. The molecule has 2 aromatic rings. The highest BCUT2D eigenvalue weighted by atomic mass is 79.9. The van der Waals surface area contributed by atoms with Gasteiger partial charge in [-0.2, -0.15) is 0 Å². The first-order valence-corrected chi connectivity index (χ1v) is 8.73. The molecular weight excluding hydrogens is 386 g/mol. The van der Waals surface area contributed by atoms with E-state index in [4.69, 9.17) is 9.47 Å². The van der Waals surface area contributed by atoms with Gasteiger partial charge >= 0.3 is 6.09 Å². The molecule has 1 atom stereocenters. The first-order chi connectivity index (χ1) is 12.1. The van der Waals surface area contributed by atoms with Gasteiger partial charge in [0.2, 0.25) is 5.91 Å². The lowest BCUT2D eigenvalue weighted by atomic mass is 10.0. The number of carbonyl (C=O) groups is 2. The fourth-order valence-electron chi connectivity index (χ4n) is 2.88. The predicted molar refractivity (Wildman–Crippen MR) is 96.5 cm³/mol. The minimum absolute atomic E-state index is 0.128. The molecule has 25 heavy (non-hydrogen) atoms. The van der Waals surface area contributed by atoms with Gasteiger partial charge in [0, 0.05) is 0 Å². The average molecular weight is 404 g/mol. The summed E-state index contributed by atoms with van der Waals surface area (Å²) in [7, 11) is 1.58.